The van der Waals surface area contributed by atoms with Crippen LogP contribution in [0.3, 0.4) is 0 Å². The summed E-state index contributed by atoms with van der Waals surface area (Å²) in [6.45, 7) is 1.41. The van der Waals surface area contributed by atoms with E-state index >= 15 is 0 Å². The van der Waals surface area contributed by atoms with Crippen LogP contribution in [-0.4, -0.2) is 30.1 Å². The molecule has 3 N–H and O–H groups in total. The van der Waals surface area contributed by atoms with Crippen LogP contribution in [-0.2, 0) is 4.74 Å². The molecule has 2 aliphatic rings. The first-order chi connectivity index (χ1) is 7.27. The molecule has 84 valence electrons. The molecule has 0 bridgehead atoms. The Morgan fingerprint density at radius 1 is 1.27 bits per heavy atom. The van der Waals surface area contributed by atoms with E-state index in [4.69, 9.17) is 10.1 Å². The molecule has 0 aromatic carbocycles. The van der Waals surface area contributed by atoms with Crippen LogP contribution in [0.15, 0.2) is 12.0 Å². The highest BCUT2D eigenvalue weighted by molar-refractivity contribution is 5.97. The zero-order valence-corrected chi connectivity index (χ0v) is 8.83. The zero-order valence-electron chi connectivity index (χ0n) is 8.83. The molecule has 0 spiro atoms. The van der Waals surface area contributed by atoms with Crippen LogP contribution in [0.5, 0.6) is 0 Å². The number of hydrogen-bond acceptors (Lipinski definition) is 4. The minimum Gasteiger partial charge on any atom is -0.505 e. The molecular formula is C11H18N2O2. The molecule has 0 atom stereocenters. The maximum absolute atomic E-state index is 9.68. The SMILES string of the molecule is N=C(/C(O)=C\NC1CC1)C1CCOCC1. The van der Waals surface area contributed by atoms with Crippen molar-refractivity contribution >= 4 is 5.71 Å². The van der Waals surface area contributed by atoms with Crippen molar-refractivity contribution in [2.75, 3.05) is 13.2 Å². The van der Waals surface area contributed by atoms with Crippen molar-refractivity contribution in [1.29, 1.82) is 5.41 Å². The molecule has 4 heteroatoms. The van der Waals surface area contributed by atoms with Crippen LogP contribution in [0.4, 0.5) is 0 Å². The van der Waals surface area contributed by atoms with Gasteiger partial charge in [-0.05, 0) is 25.7 Å². The summed E-state index contributed by atoms with van der Waals surface area (Å²) >= 11 is 0. The van der Waals surface area contributed by atoms with Crippen LogP contribution >= 0.6 is 0 Å². The number of rotatable bonds is 4. The molecule has 1 saturated carbocycles. The average Bonchev–Trinajstić information content (AvgIpc) is 3.10. The van der Waals surface area contributed by atoms with Gasteiger partial charge < -0.3 is 20.6 Å². The summed E-state index contributed by atoms with van der Waals surface area (Å²) in [4.78, 5) is 0. The Morgan fingerprint density at radius 3 is 2.53 bits per heavy atom. The second kappa shape index (κ2) is 4.66. The van der Waals surface area contributed by atoms with Crippen LogP contribution in [0, 0.1) is 11.3 Å². The molecule has 1 aliphatic heterocycles. The zero-order chi connectivity index (χ0) is 10.7. The number of hydrogen-bond donors (Lipinski definition) is 3. The molecule has 0 unspecified atom stereocenters. The van der Waals surface area contributed by atoms with Crippen molar-refractivity contribution in [2.24, 2.45) is 5.92 Å². The van der Waals surface area contributed by atoms with Gasteiger partial charge in [-0.25, -0.2) is 0 Å². The lowest BCUT2D eigenvalue weighted by molar-refractivity contribution is 0.0822. The molecule has 1 heterocycles. The van der Waals surface area contributed by atoms with E-state index in [9.17, 15) is 5.11 Å². The van der Waals surface area contributed by atoms with E-state index in [1.807, 2.05) is 0 Å². The van der Waals surface area contributed by atoms with Crippen molar-refractivity contribution < 1.29 is 9.84 Å². The average molecular weight is 210 g/mol. The molecule has 0 radical (unpaired) electrons. The van der Waals surface area contributed by atoms with Crippen LogP contribution in [0.2, 0.25) is 0 Å². The van der Waals surface area contributed by atoms with E-state index in [1.165, 1.54) is 12.8 Å². The normalized spacial score (nSPS) is 23.9. The summed E-state index contributed by atoms with van der Waals surface area (Å²) in [6, 6.07) is 0.523. The largest absolute Gasteiger partial charge is 0.505 e. The van der Waals surface area contributed by atoms with Crippen molar-refractivity contribution in [3.63, 3.8) is 0 Å². The van der Waals surface area contributed by atoms with Gasteiger partial charge in [0.25, 0.3) is 0 Å². The van der Waals surface area contributed by atoms with E-state index in [1.54, 1.807) is 6.20 Å². The summed E-state index contributed by atoms with van der Waals surface area (Å²) in [5.41, 5.74) is 0.353. The number of aliphatic hydroxyl groups excluding tert-OH is 1. The van der Waals surface area contributed by atoms with Gasteiger partial charge in [-0.1, -0.05) is 0 Å². The molecular weight excluding hydrogens is 192 g/mol. The smallest absolute Gasteiger partial charge is 0.152 e. The monoisotopic (exact) mass is 210 g/mol. The van der Waals surface area contributed by atoms with Crippen LogP contribution < -0.4 is 5.32 Å². The highest BCUT2D eigenvalue weighted by atomic mass is 16.5. The molecule has 1 saturated heterocycles. The molecule has 0 aromatic heterocycles. The summed E-state index contributed by atoms with van der Waals surface area (Å²) in [6.07, 6.45) is 5.62. The van der Waals surface area contributed by atoms with Gasteiger partial charge in [0.2, 0.25) is 0 Å². The van der Waals surface area contributed by atoms with Crippen molar-refractivity contribution in [3.05, 3.63) is 12.0 Å². The topological polar surface area (TPSA) is 65.3 Å². The van der Waals surface area contributed by atoms with Gasteiger partial charge in [-0.3, -0.25) is 0 Å². The van der Waals surface area contributed by atoms with Crippen molar-refractivity contribution in [1.82, 2.24) is 5.32 Å². The number of aliphatic hydroxyl groups is 1. The van der Waals surface area contributed by atoms with Crippen LogP contribution in [0.1, 0.15) is 25.7 Å². The fourth-order valence-electron chi connectivity index (χ4n) is 1.72. The fourth-order valence-corrected chi connectivity index (χ4v) is 1.72. The Hall–Kier alpha value is -1.03. The Bertz CT molecular complexity index is 266. The number of nitrogens with one attached hydrogen (secondary N) is 2. The lowest BCUT2D eigenvalue weighted by Crippen LogP contribution is -2.25. The Labute approximate surface area is 89.8 Å². The third-order valence-electron chi connectivity index (χ3n) is 2.94. The van der Waals surface area contributed by atoms with Crippen molar-refractivity contribution in [3.8, 4) is 0 Å². The van der Waals surface area contributed by atoms with Gasteiger partial charge in [0.05, 0.1) is 5.71 Å². The minimum absolute atomic E-state index is 0.0915. The highest BCUT2D eigenvalue weighted by Gasteiger charge is 2.23. The van der Waals surface area contributed by atoms with Gasteiger partial charge in [-0.15, -0.1) is 0 Å². The van der Waals surface area contributed by atoms with E-state index < -0.39 is 0 Å². The Morgan fingerprint density at radius 2 is 1.93 bits per heavy atom. The van der Waals surface area contributed by atoms with Gasteiger partial charge >= 0.3 is 0 Å². The lowest BCUT2D eigenvalue weighted by Gasteiger charge is -2.22. The molecule has 1 aliphatic carbocycles. The third-order valence-corrected chi connectivity index (χ3v) is 2.94. The molecule has 0 aromatic rings. The van der Waals surface area contributed by atoms with Crippen LogP contribution in [0.25, 0.3) is 0 Å². The number of ether oxygens (including phenoxy) is 1. The summed E-state index contributed by atoms with van der Waals surface area (Å²) in [7, 11) is 0. The predicted molar refractivity (Wildman–Crippen MR) is 58.1 cm³/mol. The summed E-state index contributed by atoms with van der Waals surface area (Å²) < 4.78 is 5.22. The lowest BCUT2D eigenvalue weighted by atomic mass is 9.94. The maximum atomic E-state index is 9.68. The first-order valence-electron chi connectivity index (χ1n) is 5.59. The van der Waals surface area contributed by atoms with Gasteiger partial charge in [0, 0.05) is 31.4 Å². The standard InChI is InChI=1S/C11H18N2O2/c12-11(8-3-5-15-6-4-8)10(14)7-13-9-1-2-9/h7-9,12-14H,1-6H2/b10-7+,12-11?. The minimum atomic E-state index is 0.0915. The van der Waals surface area contributed by atoms with E-state index in [2.05, 4.69) is 5.32 Å². The van der Waals surface area contributed by atoms with E-state index in [-0.39, 0.29) is 11.7 Å². The second-order valence-electron chi connectivity index (χ2n) is 4.27. The quantitative estimate of drug-likeness (QED) is 0.487. The first kappa shape index (κ1) is 10.5. The Balaban J connectivity index is 1.84. The van der Waals surface area contributed by atoms with E-state index in [0.29, 0.717) is 25.0 Å². The third kappa shape index (κ3) is 2.96. The highest BCUT2D eigenvalue weighted by Crippen LogP contribution is 2.20. The maximum Gasteiger partial charge on any atom is 0.152 e. The molecule has 4 nitrogen and oxygen atoms in total. The van der Waals surface area contributed by atoms with Gasteiger partial charge in [0.1, 0.15) is 0 Å². The Kier molecular flexibility index (Phi) is 3.26. The predicted octanol–water partition coefficient (Wildman–Crippen LogP) is 1.58. The fraction of sp³-hybridized carbons (Fsp3) is 0.727. The summed E-state index contributed by atoms with van der Waals surface area (Å²) in [5.74, 6) is 0.254. The van der Waals surface area contributed by atoms with Gasteiger partial charge in [-0.2, -0.15) is 0 Å². The second-order valence-corrected chi connectivity index (χ2v) is 4.27. The molecule has 15 heavy (non-hydrogen) atoms. The van der Waals surface area contributed by atoms with E-state index in [0.717, 1.165) is 12.8 Å². The molecule has 2 fully saturated rings. The molecule has 2 rings (SSSR count). The van der Waals surface area contributed by atoms with Gasteiger partial charge in [0.15, 0.2) is 5.76 Å². The number of allylic oxidation sites excluding steroid dienone is 1. The van der Waals surface area contributed by atoms with Crippen molar-refractivity contribution in [2.45, 2.75) is 31.7 Å². The summed E-state index contributed by atoms with van der Waals surface area (Å²) in [5, 5.41) is 20.6. The first-order valence-corrected chi connectivity index (χ1v) is 5.59. The molecule has 0 amide bonds.